The van der Waals surface area contributed by atoms with Crippen molar-refractivity contribution in [2.45, 2.75) is 25.8 Å². The van der Waals surface area contributed by atoms with E-state index in [1.807, 2.05) is 19.1 Å². The monoisotopic (exact) mass is 490 g/mol. The fraction of sp³-hybridized carbons (Fsp3) is 0.292. The topological polar surface area (TPSA) is 153 Å². The van der Waals surface area contributed by atoms with Crippen LogP contribution in [-0.4, -0.2) is 62.2 Å². The zero-order valence-corrected chi connectivity index (χ0v) is 19.9. The molecule has 1 saturated heterocycles. The normalized spacial score (nSPS) is 15.6. The van der Waals surface area contributed by atoms with Crippen LogP contribution in [0.2, 0.25) is 0 Å². The zero-order chi connectivity index (χ0) is 25.2. The lowest BCUT2D eigenvalue weighted by molar-refractivity contribution is 0.133. The third-order valence-electron chi connectivity index (χ3n) is 6.23. The molecule has 1 aliphatic heterocycles. The first-order valence-corrected chi connectivity index (χ1v) is 11.5. The smallest absolute Gasteiger partial charge is 0.417 e. The summed E-state index contributed by atoms with van der Waals surface area (Å²) in [6.45, 7) is 3.34. The number of aromatic amines is 1. The molecule has 36 heavy (non-hydrogen) atoms. The average molecular weight is 491 g/mol. The first-order chi connectivity index (χ1) is 17.4. The molecule has 1 amide bonds. The Labute approximate surface area is 206 Å². The van der Waals surface area contributed by atoms with Gasteiger partial charge in [-0.15, -0.1) is 0 Å². The molecule has 0 aliphatic carbocycles. The number of anilines is 5. The van der Waals surface area contributed by atoms with Gasteiger partial charge >= 0.3 is 11.8 Å². The summed E-state index contributed by atoms with van der Waals surface area (Å²) in [4.78, 5) is 42.3. The van der Waals surface area contributed by atoms with Gasteiger partial charge in [0.2, 0.25) is 5.95 Å². The third-order valence-corrected chi connectivity index (χ3v) is 6.23. The molecule has 12 nitrogen and oxygen atoms in total. The van der Waals surface area contributed by atoms with E-state index < -0.39 is 11.8 Å². The molecule has 3 aromatic heterocycles. The summed E-state index contributed by atoms with van der Waals surface area (Å²) in [6, 6.07) is 9.03. The van der Waals surface area contributed by atoms with Crippen molar-refractivity contribution in [1.82, 2.24) is 24.8 Å². The third kappa shape index (κ3) is 4.92. The molecule has 186 valence electrons. The van der Waals surface area contributed by atoms with Gasteiger partial charge in [-0.2, -0.15) is 4.98 Å². The van der Waals surface area contributed by atoms with Gasteiger partial charge in [0.05, 0.1) is 23.4 Å². The van der Waals surface area contributed by atoms with Crippen molar-refractivity contribution >= 4 is 46.2 Å². The summed E-state index contributed by atoms with van der Waals surface area (Å²) in [5.74, 6) is 1.31. The molecule has 1 aliphatic rings. The molecule has 1 aromatic carbocycles. The van der Waals surface area contributed by atoms with Crippen molar-refractivity contribution in [2.75, 3.05) is 35.7 Å². The Hall–Kier alpha value is -4.61. The number of likely N-dealkylation sites (N-methyl/N-ethyl adjacent to an activating group) is 1. The average Bonchev–Trinajstić information content (AvgIpc) is 3.25. The minimum atomic E-state index is -0.918. The van der Waals surface area contributed by atoms with Crippen LogP contribution in [0.1, 0.15) is 18.4 Å². The Morgan fingerprint density at radius 2 is 2.03 bits per heavy atom. The first kappa shape index (κ1) is 23.1. The van der Waals surface area contributed by atoms with Crippen LogP contribution in [-0.2, 0) is 0 Å². The molecule has 4 aromatic rings. The van der Waals surface area contributed by atoms with E-state index in [2.05, 4.69) is 35.5 Å². The summed E-state index contributed by atoms with van der Waals surface area (Å²) in [6.07, 6.45) is 4.25. The number of hydrogen-bond donors (Lipinski definition) is 4. The highest BCUT2D eigenvalue weighted by Crippen LogP contribution is 2.25. The molecule has 0 saturated carbocycles. The summed E-state index contributed by atoms with van der Waals surface area (Å²) in [7, 11) is 1.61. The highest BCUT2D eigenvalue weighted by Gasteiger charge is 2.26. The summed E-state index contributed by atoms with van der Waals surface area (Å²) in [5.41, 5.74) is 3.39. The van der Waals surface area contributed by atoms with Gasteiger partial charge in [0.25, 0.3) is 0 Å². The summed E-state index contributed by atoms with van der Waals surface area (Å²) >= 11 is 0. The molecular formula is C24H26N8O4. The second-order valence-electron chi connectivity index (χ2n) is 8.74. The highest BCUT2D eigenvalue weighted by molar-refractivity contribution is 5.78. The van der Waals surface area contributed by atoms with Gasteiger partial charge in [-0.05, 0) is 50.1 Å². The highest BCUT2D eigenvalue weighted by atomic mass is 16.4. The Balaban J connectivity index is 1.27. The van der Waals surface area contributed by atoms with E-state index in [-0.39, 0.29) is 6.04 Å². The van der Waals surface area contributed by atoms with E-state index in [1.165, 1.54) is 4.90 Å². The molecule has 0 radical (unpaired) electrons. The number of hydrogen-bond acceptors (Lipinski definition) is 9. The SMILES string of the molecule is Cc1cnc(Nc2ccc(N3CCCC(N(C)C(=O)O)C3)nc2)nc1Nc1ccc2oc(=O)[nH]c2c1. The number of rotatable bonds is 6. The standard InChI is InChI=1S/C24H26N8O4/c1-14-11-26-22(30-21(14)27-15-5-7-19-18(10-15)29-23(33)36-19)28-16-6-8-20(25-12-16)32-9-3-4-17(13-32)31(2)24(34)35/h5-8,10-12,17H,3-4,9,13H2,1-2H3,(H,29,33)(H,34,35)(H2,26,27,28,30). The molecular weight excluding hydrogens is 464 g/mol. The van der Waals surface area contributed by atoms with Gasteiger partial charge in [-0.3, -0.25) is 4.98 Å². The molecule has 4 N–H and O–H groups in total. The molecule has 1 fully saturated rings. The molecule has 0 bridgehead atoms. The number of nitrogens with one attached hydrogen (secondary N) is 3. The number of fused-ring (bicyclic) bond motifs is 1. The van der Waals surface area contributed by atoms with Crippen LogP contribution in [0.4, 0.5) is 33.8 Å². The maximum atomic E-state index is 11.4. The summed E-state index contributed by atoms with van der Waals surface area (Å²) < 4.78 is 5.05. The summed E-state index contributed by atoms with van der Waals surface area (Å²) in [5, 5.41) is 15.7. The minimum Gasteiger partial charge on any atom is -0.465 e. The Bertz CT molecular complexity index is 1450. The largest absolute Gasteiger partial charge is 0.465 e. The van der Waals surface area contributed by atoms with Crippen LogP contribution in [0.25, 0.3) is 11.1 Å². The van der Waals surface area contributed by atoms with Crippen LogP contribution in [0, 0.1) is 6.92 Å². The maximum Gasteiger partial charge on any atom is 0.417 e. The lowest BCUT2D eigenvalue weighted by atomic mass is 10.0. The molecule has 1 atom stereocenters. The number of H-pyrrole nitrogens is 1. The number of pyridine rings is 1. The van der Waals surface area contributed by atoms with Crippen LogP contribution < -0.4 is 21.3 Å². The lowest BCUT2D eigenvalue weighted by Crippen LogP contribution is -2.48. The predicted molar refractivity (Wildman–Crippen MR) is 135 cm³/mol. The van der Waals surface area contributed by atoms with E-state index in [1.54, 1.807) is 37.6 Å². The Kier molecular flexibility index (Phi) is 6.15. The number of carboxylic acid groups (broad SMARTS) is 1. The number of nitrogens with zero attached hydrogens (tertiary/aromatic N) is 5. The van der Waals surface area contributed by atoms with Gasteiger partial charge < -0.3 is 30.0 Å². The van der Waals surface area contributed by atoms with Gasteiger partial charge in [0.1, 0.15) is 11.6 Å². The maximum absolute atomic E-state index is 11.4. The van der Waals surface area contributed by atoms with Crippen molar-refractivity contribution in [3.05, 3.63) is 58.8 Å². The van der Waals surface area contributed by atoms with Crippen LogP contribution in [0.15, 0.2) is 51.9 Å². The van der Waals surface area contributed by atoms with Crippen molar-refractivity contribution < 1.29 is 14.3 Å². The minimum absolute atomic E-state index is 0.0581. The second-order valence-corrected chi connectivity index (χ2v) is 8.74. The van der Waals surface area contributed by atoms with Crippen molar-refractivity contribution in [3.63, 3.8) is 0 Å². The predicted octanol–water partition coefficient (Wildman–Crippen LogP) is 3.68. The molecule has 4 heterocycles. The van der Waals surface area contributed by atoms with E-state index >= 15 is 0 Å². The number of carbonyl (C=O) groups is 1. The van der Waals surface area contributed by atoms with Gasteiger partial charge in [0, 0.05) is 37.6 Å². The first-order valence-electron chi connectivity index (χ1n) is 11.5. The number of oxazole rings is 1. The van der Waals surface area contributed by atoms with Crippen LogP contribution in [0.3, 0.4) is 0 Å². The Morgan fingerprint density at radius 3 is 2.81 bits per heavy atom. The molecule has 1 unspecified atom stereocenters. The molecule has 12 heteroatoms. The van der Waals surface area contributed by atoms with E-state index in [9.17, 15) is 14.7 Å². The van der Waals surface area contributed by atoms with Crippen LogP contribution >= 0.6 is 0 Å². The number of benzene rings is 1. The van der Waals surface area contributed by atoms with Gasteiger partial charge in [-0.25, -0.2) is 19.6 Å². The van der Waals surface area contributed by atoms with E-state index in [0.717, 1.165) is 42.1 Å². The number of piperidine rings is 1. The lowest BCUT2D eigenvalue weighted by Gasteiger charge is -2.37. The van der Waals surface area contributed by atoms with Crippen molar-refractivity contribution in [2.24, 2.45) is 0 Å². The number of amides is 1. The van der Waals surface area contributed by atoms with Gasteiger partial charge in [0.15, 0.2) is 5.58 Å². The van der Waals surface area contributed by atoms with Crippen LogP contribution in [0.5, 0.6) is 0 Å². The molecule has 5 rings (SSSR count). The fourth-order valence-corrected chi connectivity index (χ4v) is 4.21. The quantitative estimate of drug-likeness (QED) is 0.315. The fourth-order valence-electron chi connectivity index (χ4n) is 4.21. The van der Waals surface area contributed by atoms with E-state index in [4.69, 9.17) is 4.42 Å². The second kappa shape index (κ2) is 9.56. The van der Waals surface area contributed by atoms with E-state index in [0.29, 0.717) is 29.4 Å². The number of aryl methyl sites for hydroxylation is 1. The molecule has 0 spiro atoms. The van der Waals surface area contributed by atoms with Crippen molar-refractivity contribution in [1.29, 1.82) is 0 Å². The van der Waals surface area contributed by atoms with Crippen molar-refractivity contribution in [3.8, 4) is 0 Å². The Morgan fingerprint density at radius 1 is 1.19 bits per heavy atom. The van der Waals surface area contributed by atoms with Gasteiger partial charge in [-0.1, -0.05) is 0 Å². The number of aromatic nitrogens is 4. The zero-order valence-electron chi connectivity index (χ0n) is 19.9.